The molecule has 2 atom stereocenters. The molecule has 1 aromatic carbocycles. The molecular weight excluding hydrogens is 260 g/mol. The van der Waals surface area contributed by atoms with Crippen LogP contribution in [0.2, 0.25) is 0 Å². The van der Waals surface area contributed by atoms with Crippen molar-refractivity contribution in [3.05, 3.63) is 29.8 Å². The topological polar surface area (TPSA) is 101 Å². The Kier molecular flexibility index (Phi) is 3.27. The van der Waals surface area contributed by atoms with E-state index in [0.717, 1.165) is 0 Å². The number of carboxylic acids is 1. The summed E-state index contributed by atoms with van der Waals surface area (Å²) in [4.78, 5) is 10.6. The molecule has 1 heterocycles. The summed E-state index contributed by atoms with van der Waals surface area (Å²) in [5, 5.41) is 18.2. The molecule has 0 aliphatic carbocycles. The van der Waals surface area contributed by atoms with Crippen LogP contribution in [0.15, 0.2) is 24.3 Å². The molecule has 2 N–H and O–H groups in total. The Bertz CT molecular complexity index is 547. The minimum absolute atomic E-state index is 0.113. The second kappa shape index (κ2) is 4.58. The molecule has 2 rings (SSSR count). The molecule has 98 valence electrons. The fourth-order valence-corrected chi connectivity index (χ4v) is 3.42. The number of aromatic carboxylic acids is 1. The molecule has 0 spiro atoms. The number of aliphatic hydroxyl groups is 1. The highest BCUT2D eigenvalue weighted by Crippen LogP contribution is 2.20. The van der Waals surface area contributed by atoms with Crippen LogP contribution in [-0.2, 0) is 9.84 Å². The van der Waals surface area contributed by atoms with Crippen LogP contribution in [0.25, 0.3) is 0 Å². The van der Waals surface area contributed by atoms with Crippen molar-refractivity contribution in [2.24, 2.45) is 0 Å². The van der Waals surface area contributed by atoms with Gasteiger partial charge in [-0.15, -0.1) is 0 Å². The van der Waals surface area contributed by atoms with Gasteiger partial charge in [0.2, 0.25) is 0 Å². The maximum absolute atomic E-state index is 11.3. The second-order valence-electron chi connectivity index (χ2n) is 4.13. The summed E-state index contributed by atoms with van der Waals surface area (Å²) >= 11 is 0. The molecule has 1 aliphatic rings. The van der Waals surface area contributed by atoms with Gasteiger partial charge in [0, 0.05) is 0 Å². The molecule has 0 amide bonds. The summed E-state index contributed by atoms with van der Waals surface area (Å²) in [5.41, 5.74) is 0.113. The fraction of sp³-hybridized carbons (Fsp3) is 0.364. The Labute approximate surface area is 104 Å². The largest absolute Gasteiger partial charge is 0.487 e. The van der Waals surface area contributed by atoms with Gasteiger partial charge >= 0.3 is 5.97 Å². The highest BCUT2D eigenvalue weighted by Gasteiger charge is 2.38. The Hall–Kier alpha value is -1.60. The number of ether oxygens (including phenoxy) is 1. The minimum atomic E-state index is -3.26. The number of hydrogen-bond donors (Lipinski definition) is 2. The van der Waals surface area contributed by atoms with Crippen LogP contribution in [0.3, 0.4) is 0 Å². The van der Waals surface area contributed by atoms with Crippen LogP contribution in [0, 0.1) is 0 Å². The lowest BCUT2D eigenvalue weighted by Crippen LogP contribution is -2.29. The van der Waals surface area contributed by atoms with E-state index in [1.807, 2.05) is 0 Å². The van der Waals surface area contributed by atoms with Crippen molar-refractivity contribution in [2.45, 2.75) is 12.2 Å². The van der Waals surface area contributed by atoms with Crippen molar-refractivity contribution < 1.29 is 28.2 Å². The zero-order valence-electron chi connectivity index (χ0n) is 9.31. The molecule has 1 aromatic rings. The summed E-state index contributed by atoms with van der Waals surface area (Å²) < 4.78 is 27.9. The molecule has 0 radical (unpaired) electrons. The molecule has 1 aliphatic heterocycles. The lowest BCUT2D eigenvalue weighted by atomic mass is 10.2. The summed E-state index contributed by atoms with van der Waals surface area (Å²) in [6.07, 6.45) is -1.85. The van der Waals surface area contributed by atoms with Gasteiger partial charge in [0.05, 0.1) is 17.1 Å². The lowest BCUT2D eigenvalue weighted by Gasteiger charge is -2.15. The fourth-order valence-electron chi connectivity index (χ4n) is 1.76. The normalized spacial score (nSPS) is 25.8. The van der Waals surface area contributed by atoms with Crippen LogP contribution in [0.4, 0.5) is 0 Å². The maximum Gasteiger partial charge on any atom is 0.335 e. The second-order valence-corrected chi connectivity index (χ2v) is 6.28. The zero-order valence-corrected chi connectivity index (χ0v) is 10.1. The first kappa shape index (κ1) is 12.8. The van der Waals surface area contributed by atoms with Crippen LogP contribution < -0.4 is 4.74 Å². The van der Waals surface area contributed by atoms with Gasteiger partial charge in [-0.3, -0.25) is 0 Å². The molecule has 2 unspecified atom stereocenters. The molecule has 6 nitrogen and oxygen atoms in total. The van der Waals surface area contributed by atoms with Crippen LogP contribution in [-0.4, -0.2) is 48.3 Å². The van der Waals surface area contributed by atoms with Gasteiger partial charge in [0.1, 0.15) is 18.0 Å². The molecule has 1 fully saturated rings. The van der Waals surface area contributed by atoms with E-state index in [-0.39, 0.29) is 17.1 Å². The van der Waals surface area contributed by atoms with E-state index in [9.17, 15) is 18.3 Å². The van der Waals surface area contributed by atoms with E-state index in [2.05, 4.69) is 0 Å². The Morgan fingerprint density at radius 1 is 1.22 bits per heavy atom. The van der Waals surface area contributed by atoms with E-state index in [4.69, 9.17) is 9.84 Å². The third-order valence-electron chi connectivity index (χ3n) is 2.66. The van der Waals surface area contributed by atoms with Crippen molar-refractivity contribution in [2.75, 3.05) is 11.5 Å². The van der Waals surface area contributed by atoms with Crippen molar-refractivity contribution in [3.63, 3.8) is 0 Å². The number of carbonyl (C=O) groups is 1. The summed E-state index contributed by atoms with van der Waals surface area (Å²) in [6.45, 7) is 0. The SMILES string of the molecule is O=C(O)c1ccc(OC2CS(=O)(=O)CC2O)cc1. The monoisotopic (exact) mass is 272 g/mol. The van der Waals surface area contributed by atoms with E-state index >= 15 is 0 Å². The molecule has 1 saturated heterocycles. The number of rotatable bonds is 3. The molecule has 0 saturated carbocycles. The smallest absolute Gasteiger partial charge is 0.335 e. The Morgan fingerprint density at radius 2 is 1.83 bits per heavy atom. The maximum atomic E-state index is 11.3. The summed E-state index contributed by atoms with van der Waals surface area (Å²) in [6, 6.07) is 5.57. The first-order valence-electron chi connectivity index (χ1n) is 5.26. The molecule has 0 bridgehead atoms. The summed E-state index contributed by atoms with van der Waals surface area (Å²) in [7, 11) is -3.26. The van der Waals surface area contributed by atoms with Gasteiger partial charge in [-0.2, -0.15) is 0 Å². The third-order valence-corrected chi connectivity index (χ3v) is 4.35. The zero-order chi connectivity index (χ0) is 13.3. The number of benzene rings is 1. The van der Waals surface area contributed by atoms with E-state index in [1.54, 1.807) is 0 Å². The number of carboxylic acid groups (broad SMARTS) is 1. The summed E-state index contributed by atoms with van der Waals surface area (Å²) in [5.74, 6) is -1.24. The van der Waals surface area contributed by atoms with E-state index < -0.39 is 28.0 Å². The van der Waals surface area contributed by atoms with Crippen molar-refractivity contribution >= 4 is 15.8 Å². The van der Waals surface area contributed by atoms with Gasteiger partial charge in [-0.25, -0.2) is 13.2 Å². The minimum Gasteiger partial charge on any atom is -0.487 e. The van der Waals surface area contributed by atoms with Crippen LogP contribution in [0.5, 0.6) is 5.75 Å². The Balaban J connectivity index is 2.08. The molecule has 7 heteroatoms. The van der Waals surface area contributed by atoms with E-state index in [0.29, 0.717) is 5.75 Å². The number of aliphatic hydroxyl groups excluding tert-OH is 1. The lowest BCUT2D eigenvalue weighted by molar-refractivity contribution is 0.0693. The van der Waals surface area contributed by atoms with Gasteiger partial charge < -0.3 is 14.9 Å². The highest BCUT2D eigenvalue weighted by molar-refractivity contribution is 7.91. The first-order chi connectivity index (χ1) is 8.37. The van der Waals surface area contributed by atoms with E-state index in [1.165, 1.54) is 24.3 Å². The predicted octanol–water partition coefficient (Wildman–Crippen LogP) is -0.0785. The highest BCUT2D eigenvalue weighted by atomic mass is 32.2. The number of hydrogen-bond acceptors (Lipinski definition) is 5. The quantitative estimate of drug-likeness (QED) is 0.798. The van der Waals surface area contributed by atoms with Crippen LogP contribution >= 0.6 is 0 Å². The van der Waals surface area contributed by atoms with Gasteiger partial charge in [-0.1, -0.05) is 0 Å². The average Bonchev–Trinajstić information content (AvgIpc) is 2.52. The third kappa shape index (κ3) is 2.80. The predicted molar refractivity (Wildman–Crippen MR) is 62.5 cm³/mol. The van der Waals surface area contributed by atoms with Gasteiger partial charge in [0.25, 0.3) is 0 Å². The molecule has 18 heavy (non-hydrogen) atoms. The first-order valence-corrected chi connectivity index (χ1v) is 7.08. The Morgan fingerprint density at radius 3 is 2.28 bits per heavy atom. The number of sulfone groups is 1. The standard InChI is InChI=1S/C11H12O6S/c12-9-5-18(15,16)6-10(9)17-8-3-1-7(2-4-8)11(13)14/h1-4,9-10,12H,5-6H2,(H,13,14). The average molecular weight is 272 g/mol. The van der Waals surface area contributed by atoms with Crippen molar-refractivity contribution in [1.29, 1.82) is 0 Å². The molecule has 0 aromatic heterocycles. The molecular formula is C11H12O6S. The van der Waals surface area contributed by atoms with Crippen molar-refractivity contribution in [3.8, 4) is 5.75 Å². The van der Waals surface area contributed by atoms with Crippen molar-refractivity contribution in [1.82, 2.24) is 0 Å². The van der Waals surface area contributed by atoms with Gasteiger partial charge in [-0.05, 0) is 24.3 Å². The van der Waals surface area contributed by atoms with Crippen LogP contribution in [0.1, 0.15) is 10.4 Å². The van der Waals surface area contributed by atoms with Gasteiger partial charge in [0.15, 0.2) is 9.84 Å².